The first-order valence-corrected chi connectivity index (χ1v) is 4.54. The average Bonchev–Trinajstić information content (AvgIpc) is 2.48. The van der Waals surface area contributed by atoms with Crippen molar-refractivity contribution in [3.8, 4) is 0 Å². The van der Waals surface area contributed by atoms with Gasteiger partial charge in [0, 0.05) is 0 Å². The molecule has 2 rings (SSSR count). The summed E-state index contributed by atoms with van der Waals surface area (Å²) in [4.78, 5) is 0. The van der Waals surface area contributed by atoms with E-state index in [4.69, 9.17) is 0 Å². The molecule has 0 amide bonds. The van der Waals surface area contributed by atoms with Crippen molar-refractivity contribution in [2.24, 2.45) is 17.8 Å². The predicted molar refractivity (Wildman–Crippen MR) is 42.9 cm³/mol. The lowest BCUT2D eigenvalue weighted by Crippen LogP contribution is -2.23. The minimum absolute atomic E-state index is 1.03. The van der Waals surface area contributed by atoms with Crippen LogP contribution in [-0.2, 0) is 0 Å². The summed E-state index contributed by atoms with van der Waals surface area (Å²) in [6.45, 7) is 1.27. The second-order valence-corrected chi connectivity index (χ2v) is 3.99. The van der Waals surface area contributed by atoms with Crippen molar-refractivity contribution in [3.05, 3.63) is 0 Å². The molecule has 2 aliphatic rings. The van der Waals surface area contributed by atoms with E-state index in [0.717, 1.165) is 17.8 Å². The Morgan fingerprint density at radius 1 is 1.30 bits per heavy atom. The van der Waals surface area contributed by atoms with E-state index in [1.165, 1.54) is 25.8 Å². The summed E-state index contributed by atoms with van der Waals surface area (Å²) >= 11 is 0. The first-order valence-electron chi connectivity index (χ1n) is 4.54. The van der Waals surface area contributed by atoms with Crippen molar-refractivity contribution in [3.63, 3.8) is 0 Å². The van der Waals surface area contributed by atoms with Crippen LogP contribution in [0.5, 0.6) is 0 Å². The number of nitrogens with one attached hydrogen (secondary N) is 1. The molecule has 0 radical (unpaired) electrons. The van der Waals surface area contributed by atoms with Gasteiger partial charge in [0.05, 0.1) is 0 Å². The van der Waals surface area contributed by atoms with Crippen LogP contribution in [0.3, 0.4) is 0 Å². The van der Waals surface area contributed by atoms with E-state index in [1.807, 2.05) is 0 Å². The van der Waals surface area contributed by atoms with Gasteiger partial charge in [0.1, 0.15) is 0 Å². The van der Waals surface area contributed by atoms with E-state index in [0.29, 0.717) is 0 Å². The molecule has 0 aromatic carbocycles. The zero-order chi connectivity index (χ0) is 6.97. The SMILES string of the molecule is CNCC1CC2CCC1C2. The van der Waals surface area contributed by atoms with E-state index in [9.17, 15) is 0 Å². The molecule has 0 aliphatic heterocycles. The van der Waals surface area contributed by atoms with E-state index in [-0.39, 0.29) is 0 Å². The molecule has 1 heteroatoms. The second-order valence-electron chi connectivity index (χ2n) is 3.99. The van der Waals surface area contributed by atoms with Crippen molar-refractivity contribution in [2.45, 2.75) is 25.7 Å². The van der Waals surface area contributed by atoms with Crippen molar-refractivity contribution in [1.29, 1.82) is 0 Å². The van der Waals surface area contributed by atoms with Crippen LogP contribution in [0.15, 0.2) is 0 Å². The zero-order valence-electron chi connectivity index (χ0n) is 6.77. The second kappa shape index (κ2) is 2.54. The Morgan fingerprint density at radius 2 is 2.20 bits per heavy atom. The highest BCUT2D eigenvalue weighted by molar-refractivity contribution is 4.90. The first kappa shape index (κ1) is 6.66. The van der Waals surface area contributed by atoms with Crippen LogP contribution in [0.4, 0.5) is 0 Å². The van der Waals surface area contributed by atoms with Crippen LogP contribution in [-0.4, -0.2) is 13.6 Å². The summed E-state index contributed by atoms with van der Waals surface area (Å²) < 4.78 is 0. The number of hydrogen-bond donors (Lipinski definition) is 1. The average molecular weight is 139 g/mol. The maximum atomic E-state index is 3.29. The fourth-order valence-corrected chi connectivity index (χ4v) is 2.89. The monoisotopic (exact) mass is 139 g/mol. The minimum Gasteiger partial charge on any atom is -0.319 e. The summed E-state index contributed by atoms with van der Waals surface area (Å²) in [6, 6.07) is 0. The van der Waals surface area contributed by atoms with Crippen LogP contribution in [0.1, 0.15) is 25.7 Å². The van der Waals surface area contributed by atoms with Gasteiger partial charge in [-0.3, -0.25) is 0 Å². The van der Waals surface area contributed by atoms with Gasteiger partial charge in [-0.05, 0) is 50.6 Å². The van der Waals surface area contributed by atoms with Gasteiger partial charge in [-0.25, -0.2) is 0 Å². The van der Waals surface area contributed by atoms with Gasteiger partial charge in [-0.2, -0.15) is 0 Å². The highest BCUT2D eigenvalue weighted by Crippen LogP contribution is 2.47. The van der Waals surface area contributed by atoms with E-state index >= 15 is 0 Å². The fourth-order valence-electron chi connectivity index (χ4n) is 2.89. The van der Waals surface area contributed by atoms with Crippen LogP contribution in [0.25, 0.3) is 0 Å². The highest BCUT2D eigenvalue weighted by Gasteiger charge is 2.38. The molecule has 2 saturated carbocycles. The third-order valence-electron chi connectivity index (χ3n) is 3.35. The molecular formula is C9H17N. The fraction of sp³-hybridized carbons (Fsp3) is 1.00. The molecule has 0 spiro atoms. The van der Waals surface area contributed by atoms with E-state index < -0.39 is 0 Å². The summed E-state index contributed by atoms with van der Waals surface area (Å²) in [5.74, 6) is 3.24. The van der Waals surface area contributed by atoms with Crippen molar-refractivity contribution < 1.29 is 0 Å². The van der Waals surface area contributed by atoms with Crippen molar-refractivity contribution in [1.82, 2.24) is 5.32 Å². The molecule has 2 bridgehead atoms. The smallest absolute Gasteiger partial charge is 0.00208 e. The number of fused-ring (bicyclic) bond motifs is 2. The lowest BCUT2D eigenvalue weighted by molar-refractivity contribution is 0.326. The Kier molecular flexibility index (Phi) is 1.69. The minimum atomic E-state index is 1.03. The molecular weight excluding hydrogens is 122 g/mol. The Morgan fingerprint density at radius 3 is 2.70 bits per heavy atom. The predicted octanol–water partition coefficient (Wildman–Crippen LogP) is 1.64. The van der Waals surface area contributed by atoms with E-state index in [1.54, 1.807) is 6.42 Å². The maximum absolute atomic E-state index is 3.29. The van der Waals surface area contributed by atoms with Crippen LogP contribution < -0.4 is 5.32 Å². The number of hydrogen-bond acceptors (Lipinski definition) is 1. The van der Waals surface area contributed by atoms with Crippen molar-refractivity contribution in [2.75, 3.05) is 13.6 Å². The normalized spacial score (nSPS) is 44.7. The Hall–Kier alpha value is -0.0400. The highest BCUT2D eigenvalue weighted by atomic mass is 14.8. The van der Waals surface area contributed by atoms with Gasteiger partial charge in [0.15, 0.2) is 0 Å². The summed E-state index contributed by atoms with van der Waals surface area (Å²) in [5.41, 5.74) is 0. The third kappa shape index (κ3) is 0.968. The molecule has 0 aromatic heterocycles. The summed E-state index contributed by atoms with van der Waals surface area (Å²) in [6.07, 6.45) is 6.12. The van der Waals surface area contributed by atoms with E-state index in [2.05, 4.69) is 12.4 Å². The van der Waals surface area contributed by atoms with Gasteiger partial charge in [-0.15, -0.1) is 0 Å². The quantitative estimate of drug-likeness (QED) is 0.613. The summed E-state index contributed by atoms with van der Waals surface area (Å²) in [5, 5.41) is 3.29. The Labute approximate surface area is 63.2 Å². The lowest BCUT2D eigenvalue weighted by atomic mass is 9.89. The van der Waals surface area contributed by atoms with Gasteiger partial charge >= 0.3 is 0 Å². The van der Waals surface area contributed by atoms with Gasteiger partial charge in [0.25, 0.3) is 0 Å². The topological polar surface area (TPSA) is 12.0 Å². The molecule has 2 aliphatic carbocycles. The van der Waals surface area contributed by atoms with Gasteiger partial charge in [-0.1, -0.05) is 6.42 Å². The molecule has 0 heterocycles. The molecule has 1 nitrogen and oxygen atoms in total. The van der Waals surface area contributed by atoms with Crippen LogP contribution in [0.2, 0.25) is 0 Å². The Bertz CT molecular complexity index is 122. The van der Waals surface area contributed by atoms with Crippen LogP contribution in [0, 0.1) is 17.8 Å². The molecule has 10 heavy (non-hydrogen) atoms. The first-order chi connectivity index (χ1) is 4.90. The molecule has 0 saturated heterocycles. The largest absolute Gasteiger partial charge is 0.319 e. The molecule has 1 N–H and O–H groups in total. The molecule has 3 unspecified atom stereocenters. The number of rotatable bonds is 2. The molecule has 0 aromatic rings. The molecule has 2 fully saturated rings. The zero-order valence-corrected chi connectivity index (χ0v) is 6.77. The summed E-state index contributed by atoms with van der Waals surface area (Å²) in [7, 11) is 2.08. The third-order valence-corrected chi connectivity index (χ3v) is 3.35. The van der Waals surface area contributed by atoms with Crippen LogP contribution >= 0.6 is 0 Å². The molecule has 58 valence electrons. The van der Waals surface area contributed by atoms with Crippen molar-refractivity contribution >= 4 is 0 Å². The van der Waals surface area contributed by atoms with Gasteiger partial charge < -0.3 is 5.32 Å². The molecule has 3 atom stereocenters. The maximum Gasteiger partial charge on any atom is -0.00208 e. The Balaban J connectivity index is 1.90. The lowest BCUT2D eigenvalue weighted by Gasteiger charge is -2.20. The standard InChI is InChI=1S/C9H17N/c1-10-6-9-5-7-2-3-8(9)4-7/h7-10H,2-6H2,1H3. The van der Waals surface area contributed by atoms with Gasteiger partial charge in [0.2, 0.25) is 0 Å².